The molecule has 2 rings (SSSR count). The lowest BCUT2D eigenvalue weighted by molar-refractivity contribution is -0.146. The summed E-state index contributed by atoms with van der Waals surface area (Å²) < 4.78 is 14.6. The van der Waals surface area contributed by atoms with Crippen molar-refractivity contribution >= 4 is 34.8 Å². The molecule has 180 valence electrons. The molecule has 0 bridgehead atoms. The molecule has 3 N–H and O–H groups in total. The molecule has 2 amide bonds. The Hall–Kier alpha value is -3.56. The van der Waals surface area contributed by atoms with E-state index in [2.05, 4.69) is 20.4 Å². The third-order valence-corrected chi connectivity index (χ3v) is 4.77. The van der Waals surface area contributed by atoms with Gasteiger partial charge in [-0.2, -0.15) is 0 Å². The lowest BCUT2D eigenvalue weighted by atomic mass is 10.0. The van der Waals surface area contributed by atoms with Crippen LogP contribution >= 0.6 is 0 Å². The number of alkyl carbamates (subject to hydrolysis) is 1. The number of hydrogen-bond acceptors (Lipinski definition) is 7. The Morgan fingerprint density at radius 3 is 2.33 bits per heavy atom. The Bertz CT molecular complexity index is 993. The first-order valence-corrected chi connectivity index (χ1v) is 10.5. The Balaban J connectivity index is 2.24. The van der Waals surface area contributed by atoms with Gasteiger partial charge in [-0.3, -0.25) is 9.59 Å². The molecule has 0 unspecified atom stereocenters. The number of aromatic nitrogens is 1. The zero-order valence-corrected chi connectivity index (χ0v) is 19.5. The molecule has 0 aliphatic rings. The Labute approximate surface area is 192 Å². The van der Waals surface area contributed by atoms with Gasteiger partial charge in [0.15, 0.2) is 0 Å². The number of rotatable bonds is 9. The van der Waals surface area contributed by atoms with E-state index in [1.54, 1.807) is 27.0 Å². The number of carbonyl (C=O) groups excluding carboxylic acids is 4. The summed E-state index contributed by atoms with van der Waals surface area (Å²) in [7, 11) is 2.41. The quantitative estimate of drug-likeness (QED) is 0.385. The molecule has 33 heavy (non-hydrogen) atoms. The number of hydrogen-bond donors (Lipinski definition) is 3. The zero-order valence-electron chi connectivity index (χ0n) is 19.5. The Morgan fingerprint density at radius 2 is 1.70 bits per heavy atom. The average molecular weight is 462 g/mol. The van der Waals surface area contributed by atoms with E-state index in [0.29, 0.717) is 0 Å². The van der Waals surface area contributed by atoms with Gasteiger partial charge >= 0.3 is 18.0 Å². The number of esters is 2. The monoisotopic (exact) mass is 461 g/mol. The number of H-pyrrole nitrogens is 1. The number of methoxy groups -OCH3 is 2. The smallest absolute Gasteiger partial charge is 0.408 e. The molecular weight excluding hydrogens is 430 g/mol. The number of ether oxygens (including phenoxy) is 3. The molecule has 0 aliphatic carbocycles. The predicted octanol–water partition coefficient (Wildman–Crippen LogP) is 2.21. The van der Waals surface area contributed by atoms with Crippen LogP contribution in [-0.2, 0) is 35.0 Å². The van der Waals surface area contributed by atoms with E-state index in [4.69, 9.17) is 9.47 Å². The van der Waals surface area contributed by atoms with Crippen molar-refractivity contribution in [2.75, 3.05) is 14.2 Å². The van der Waals surface area contributed by atoms with Gasteiger partial charge in [0.25, 0.3) is 0 Å². The van der Waals surface area contributed by atoms with Crippen LogP contribution in [0.15, 0.2) is 30.5 Å². The summed E-state index contributed by atoms with van der Waals surface area (Å²) in [6.07, 6.45) is 1.02. The molecule has 0 aliphatic heterocycles. The fourth-order valence-electron chi connectivity index (χ4n) is 3.21. The van der Waals surface area contributed by atoms with Crippen LogP contribution in [0.4, 0.5) is 4.79 Å². The lowest BCUT2D eigenvalue weighted by Crippen LogP contribution is -2.53. The van der Waals surface area contributed by atoms with Gasteiger partial charge in [-0.05, 0) is 38.8 Å². The second kappa shape index (κ2) is 11.3. The molecule has 0 fully saturated rings. The second-order valence-electron chi connectivity index (χ2n) is 8.46. The van der Waals surface area contributed by atoms with Gasteiger partial charge in [0, 0.05) is 29.9 Å². The highest BCUT2D eigenvalue weighted by molar-refractivity contribution is 5.91. The number of aromatic amines is 1. The molecule has 0 saturated carbocycles. The van der Waals surface area contributed by atoms with E-state index in [0.717, 1.165) is 16.5 Å². The number of carbonyl (C=O) groups is 4. The van der Waals surface area contributed by atoms with Gasteiger partial charge in [0.05, 0.1) is 14.2 Å². The van der Waals surface area contributed by atoms with Crippen molar-refractivity contribution in [3.05, 3.63) is 36.0 Å². The number of fused-ring (bicyclic) bond motifs is 1. The van der Waals surface area contributed by atoms with Crippen molar-refractivity contribution in [1.29, 1.82) is 0 Å². The fraction of sp³-hybridized carbons (Fsp3) is 0.478. The summed E-state index contributed by atoms with van der Waals surface area (Å²) >= 11 is 0. The van der Waals surface area contributed by atoms with E-state index < -0.39 is 41.6 Å². The van der Waals surface area contributed by atoms with Crippen LogP contribution in [0.2, 0.25) is 0 Å². The molecule has 0 saturated heterocycles. The fourth-order valence-corrected chi connectivity index (χ4v) is 3.21. The van der Waals surface area contributed by atoms with Gasteiger partial charge in [-0.1, -0.05) is 18.2 Å². The molecule has 10 nitrogen and oxygen atoms in total. The van der Waals surface area contributed by atoms with Crippen LogP contribution < -0.4 is 10.6 Å². The average Bonchev–Trinajstić information content (AvgIpc) is 3.16. The van der Waals surface area contributed by atoms with Crippen molar-refractivity contribution < 1.29 is 33.4 Å². The van der Waals surface area contributed by atoms with E-state index in [-0.39, 0.29) is 19.3 Å². The zero-order chi connectivity index (χ0) is 24.6. The minimum absolute atomic E-state index is 0.0165. The van der Waals surface area contributed by atoms with E-state index >= 15 is 0 Å². The summed E-state index contributed by atoms with van der Waals surface area (Å²) in [6.45, 7) is 5.13. The number of amides is 2. The third kappa shape index (κ3) is 7.81. The van der Waals surface area contributed by atoms with Crippen LogP contribution in [0.5, 0.6) is 0 Å². The molecule has 1 aromatic carbocycles. The van der Waals surface area contributed by atoms with Crippen molar-refractivity contribution in [2.45, 2.75) is 57.7 Å². The maximum Gasteiger partial charge on any atom is 0.408 e. The maximum absolute atomic E-state index is 13.1. The minimum atomic E-state index is -1.09. The maximum atomic E-state index is 13.1. The summed E-state index contributed by atoms with van der Waals surface area (Å²) in [4.78, 5) is 52.4. The summed E-state index contributed by atoms with van der Waals surface area (Å²) in [5.74, 6) is -1.86. The van der Waals surface area contributed by atoms with Crippen LogP contribution in [0.3, 0.4) is 0 Å². The molecule has 2 atom stereocenters. The van der Waals surface area contributed by atoms with Gasteiger partial charge < -0.3 is 29.8 Å². The summed E-state index contributed by atoms with van der Waals surface area (Å²) in [5.41, 5.74) is 0.918. The molecule has 1 aromatic heterocycles. The molecule has 10 heteroatoms. The molecule has 2 aromatic rings. The van der Waals surface area contributed by atoms with Gasteiger partial charge in [0.2, 0.25) is 5.91 Å². The molecule has 1 heterocycles. The SMILES string of the molecule is COC(=O)CC[C@H](NC(=O)[C@H](Cc1c[nH]c2ccccc12)NC(=O)OC(C)(C)C)C(=O)OC. The van der Waals surface area contributed by atoms with E-state index in [9.17, 15) is 19.2 Å². The van der Waals surface area contributed by atoms with Crippen LogP contribution in [-0.4, -0.2) is 60.8 Å². The van der Waals surface area contributed by atoms with Crippen molar-refractivity contribution in [2.24, 2.45) is 0 Å². The van der Waals surface area contributed by atoms with Crippen molar-refractivity contribution in [1.82, 2.24) is 15.6 Å². The number of para-hydroxylation sites is 1. The normalized spacial score (nSPS) is 13.0. The van der Waals surface area contributed by atoms with Crippen LogP contribution in [0.1, 0.15) is 39.2 Å². The van der Waals surface area contributed by atoms with Crippen molar-refractivity contribution in [3.8, 4) is 0 Å². The highest BCUT2D eigenvalue weighted by Gasteiger charge is 2.30. The highest BCUT2D eigenvalue weighted by Crippen LogP contribution is 2.19. The van der Waals surface area contributed by atoms with Gasteiger partial charge in [-0.25, -0.2) is 9.59 Å². The standard InChI is InChI=1S/C23H31N3O7/c1-23(2,3)33-22(30)26-18(12-14-13-24-16-9-7-6-8-15(14)16)20(28)25-17(21(29)32-5)10-11-19(27)31-4/h6-9,13,17-18,24H,10-12H2,1-5H3,(H,25,28)(H,26,30)/t17-,18-/m0/s1. The first-order chi connectivity index (χ1) is 15.5. The predicted molar refractivity (Wildman–Crippen MR) is 120 cm³/mol. The first kappa shape index (κ1) is 25.7. The van der Waals surface area contributed by atoms with Crippen LogP contribution in [0.25, 0.3) is 10.9 Å². The van der Waals surface area contributed by atoms with Gasteiger partial charge in [0.1, 0.15) is 17.7 Å². The largest absolute Gasteiger partial charge is 0.469 e. The van der Waals surface area contributed by atoms with Crippen molar-refractivity contribution in [3.63, 3.8) is 0 Å². The number of benzene rings is 1. The Kier molecular flexibility index (Phi) is 8.84. The lowest BCUT2D eigenvalue weighted by Gasteiger charge is -2.24. The minimum Gasteiger partial charge on any atom is -0.469 e. The summed E-state index contributed by atoms with van der Waals surface area (Å²) in [6, 6.07) is 5.41. The van der Waals surface area contributed by atoms with Gasteiger partial charge in [-0.15, -0.1) is 0 Å². The topological polar surface area (TPSA) is 136 Å². The molecule has 0 radical (unpaired) electrons. The summed E-state index contributed by atoms with van der Waals surface area (Å²) in [5, 5.41) is 6.06. The van der Waals surface area contributed by atoms with Crippen LogP contribution in [0, 0.1) is 0 Å². The first-order valence-electron chi connectivity index (χ1n) is 10.5. The van der Waals surface area contributed by atoms with E-state index in [1.165, 1.54) is 14.2 Å². The molecular formula is C23H31N3O7. The molecule has 0 spiro atoms. The highest BCUT2D eigenvalue weighted by atomic mass is 16.6. The number of nitrogens with one attached hydrogen (secondary N) is 3. The Morgan fingerprint density at radius 1 is 1.00 bits per heavy atom. The third-order valence-electron chi connectivity index (χ3n) is 4.77. The second-order valence-corrected chi connectivity index (χ2v) is 8.46. The van der Waals surface area contributed by atoms with E-state index in [1.807, 2.05) is 24.3 Å².